The van der Waals surface area contributed by atoms with Crippen molar-refractivity contribution in [3.8, 4) is 6.07 Å². The highest BCUT2D eigenvalue weighted by Crippen LogP contribution is 2.26. The Morgan fingerprint density at radius 2 is 1.78 bits per heavy atom. The third-order valence-corrected chi connectivity index (χ3v) is 4.81. The Balaban J connectivity index is 1.66. The summed E-state index contributed by atoms with van der Waals surface area (Å²) in [4.78, 5) is 40.0. The summed E-state index contributed by atoms with van der Waals surface area (Å²) in [5, 5.41) is 9.00. The van der Waals surface area contributed by atoms with Crippen molar-refractivity contribution >= 4 is 33.7 Å². The number of hydrogen-bond donors (Lipinski definition) is 0. The molecule has 0 bridgehead atoms. The molecule has 0 aromatic heterocycles. The fraction of sp³-hybridized carbons (Fsp3) is 0.200. The Morgan fingerprint density at radius 1 is 1.07 bits per heavy atom. The van der Waals surface area contributed by atoms with Gasteiger partial charge in [-0.1, -0.05) is 46.3 Å². The zero-order valence-corrected chi connectivity index (χ0v) is 16.0. The van der Waals surface area contributed by atoms with E-state index >= 15 is 0 Å². The summed E-state index contributed by atoms with van der Waals surface area (Å²) in [6.45, 7) is 0.241. The molecule has 136 valence electrons. The maximum absolute atomic E-state index is 12.6. The van der Waals surface area contributed by atoms with Crippen LogP contribution in [0.1, 0.15) is 32.7 Å². The highest BCUT2D eigenvalue weighted by molar-refractivity contribution is 9.10. The normalized spacial score (nSPS) is 12.7. The number of nitrogens with zero attached hydrogens (tertiary/aromatic N) is 3. The number of rotatable bonds is 6. The van der Waals surface area contributed by atoms with Crippen molar-refractivity contribution in [1.82, 2.24) is 9.80 Å². The monoisotopic (exact) mass is 425 g/mol. The summed E-state index contributed by atoms with van der Waals surface area (Å²) >= 11 is 3.29. The Hall–Kier alpha value is -2.98. The number of carbonyl (C=O) groups is 3. The van der Waals surface area contributed by atoms with Crippen molar-refractivity contribution in [2.24, 2.45) is 0 Å². The van der Waals surface area contributed by atoms with E-state index in [0.717, 1.165) is 10.5 Å². The SMILES string of the molecule is N#CCN(Cc1ccccc1)C(=O)CCN1C(=O)c2ccc(Br)cc2C1=O. The lowest BCUT2D eigenvalue weighted by molar-refractivity contribution is -0.131. The number of halogens is 1. The molecular weight excluding hydrogens is 410 g/mol. The van der Waals surface area contributed by atoms with Crippen LogP contribution in [0.3, 0.4) is 0 Å². The average Bonchev–Trinajstić information content (AvgIpc) is 2.90. The molecule has 7 heteroatoms. The van der Waals surface area contributed by atoms with E-state index in [1.54, 1.807) is 18.2 Å². The molecule has 0 aliphatic carbocycles. The van der Waals surface area contributed by atoms with E-state index in [9.17, 15) is 14.4 Å². The van der Waals surface area contributed by atoms with E-state index < -0.39 is 11.8 Å². The minimum Gasteiger partial charge on any atom is -0.325 e. The Bertz CT molecular complexity index is 937. The van der Waals surface area contributed by atoms with E-state index in [-0.39, 0.29) is 25.4 Å². The van der Waals surface area contributed by atoms with Crippen LogP contribution in [0.2, 0.25) is 0 Å². The van der Waals surface area contributed by atoms with Crippen LogP contribution in [0.5, 0.6) is 0 Å². The second-order valence-corrected chi connectivity index (χ2v) is 7.01. The van der Waals surface area contributed by atoms with Gasteiger partial charge in [-0.3, -0.25) is 19.3 Å². The third-order valence-electron chi connectivity index (χ3n) is 4.31. The Kier molecular flexibility index (Phi) is 5.67. The van der Waals surface area contributed by atoms with Crippen LogP contribution in [-0.4, -0.2) is 40.6 Å². The zero-order chi connectivity index (χ0) is 19.4. The van der Waals surface area contributed by atoms with Crippen LogP contribution in [0.4, 0.5) is 0 Å². The molecule has 2 aromatic carbocycles. The molecule has 0 atom stereocenters. The van der Waals surface area contributed by atoms with Gasteiger partial charge in [0.1, 0.15) is 6.54 Å². The van der Waals surface area contributed by atoms with Crippen LogP contribution < -0.4 is 0 Å². The highest BCUT2D eigenvalue weighted by Gasteiger charge is 2.35. The van der Waals surface area contributed by atoms with Gasteiger partial charge in [0.25, 0.3) is 11.8 Å². The summed E-state index contributed by atoms with van der Waals surface area (Å²) in [7, 11) is 0. The minimum atomic E-state index is -0.404. The van der Waals surface area contributed by atoms with Crippen molar-refractivity contribution in [2.75, 3.05) is 13.1 Å². The van der Waals surface area contributed by atoms with Crippen molar-refractivity contribution in [3.05, 3.63) is 69.7 Å². The number of benzene rings is 2. The first-order chi connectivity index (χ1) is 13.0. The van der Waals surface area contributed by atoms with Gasteiger partial charge in [0.05, 0.1) is 17.2 Å². The molecule has 1 aliphatic rings. The van der Waals surface area contributed by atoms with Gasteiger partial charge in [-0.15, -0.1) is 0 Å². The van der Waals surface area contributed by atoms with Crippen LogP contribution in [0.25, 0.3) is 0 Å². The molecule has 0 radical (unpaired) electrons. The van der Waals surface area contributed by atoms with Gasteiger partial charge in [-0.25, -0.2) is 0 Å². The van der Waals surface area contributed by atoms with E-state index in [1.807, 2.05) is 36.4 Å². The molecule has 3 rings (SSSR count). The Labute approximate surface area is 165 Å². The van der Waals surface area contributed by atoms with Gasteiger partial charge >= 0.3 is 0 Å². The standard InChI is InChI=1S/C20H16BrN3O3/c21-15-6-7-16-17(12-15)20(27)24(19(16)26)10-8-18(25)23(11-9-22)13-14-4-2-1-3-5-14/h1-7,12H,8,10-11,13H2. The summed E-state index contributed by atoms with van der Waals surface area (Å²) in [5.74, 6) is -1.08. The molecule has 0 spiro atoms. The van der Waals surface area contributed by atoms with Crippen molar-refractivity contribution in [2.45, 2.75) is 13.0 Å². The summed E-state index contributed by atoms with van der Waals surface area (Å²) in [5.41, 5.74) is 1.58. The van der Waals surface area contributed by atoms with E-state index in [1.165, 1.54) is 4.90 Å². The maximum Gasteiger partial charge on any atom is 0.261 e. The quantitative estimate of drug-likeness (QED) is 0.526. The minimum absolute atomic E-state index is 0.0144. The molecule has 0 saturated carbocycles. The molecule has 0 saturated heterocycles. The molecule has 27 heavy (non-hydrogen) atoms. The molecule has 1 aliphatic heterocycles. The first-order valence-corrected chi connectivity index (χ1v) is 9.15. The lowest BCUT2D eigenvalue weighted by Crippen LogP contribution is -2.36. The van der Waals surface area contributed by atoms with Crippen LogP contribution in [-0.2, 0) is 11.3 Å². The molecule has 0 N–H and O–H groups in total. The molecule has 0 unspecified atom stereocenters. The number of imide groups is 1. The number of hydrogen-bond acceptors (Lipinski definition) is 4. The average molecular weight is 426 g/mol. The molecule has 0 fully saturated rings. The number of carbonyl (C=O) groups excluding carboxylic acids is 3. The summed E-state index contributed by atoms with van der Waals surface area (Å²) < 4.78 is 0.711. The van der Waals surface area contributed by atoms with Gasteiger partial charge in [0.2, 0.25) is 5.91 Å². The molecule has 3 amide bonds. The van der Waals surface area contributed by atoms with Crippen molar-refractivity contribution in [3.63, 3.8) is 0 Å². The van der Waals surface area contributed by atoms with Gasteiger partial charge in [0.15, 0.2) is 0 Å². The largest absolute Gasteiger partial charge is 0.325 e. The number of amides is 3. The molecule has 6 nitrogen and oxygen atoms in total. The van der Waals surface area contributed by atoms with Crippen molar-refractivity contribution < 1.29 is 14.4 Å². The molecule has 1 heterocycles. The van der Waals surface area contributed by atoms with Gasteiger partial charge in [-0.05, 0) is 23.8 Å². The number of fused-ring (bicyclic) bond motifs is 1. The van der Waals surface area contributed by atoms with Gasteiger partial charge < -0.3 is 4.90 Å². The predicted molar refractivity (Wildman–Crippen MR) is 102 cm³/mol. The topological polar surface area (TPSA) is 81.5 Å². The Morgan fingerprint density at radius 3 is 2.48 bits per heavy atom. The first-order valence-electron chi connectivity index (χ1n) is 8.35. The van der Waals surface area contributed by atoms with Crippen molar-refractivity contribution in [1.29, 1.82) is 5.26 Å². The maximum atomic E-state index is 12.6. The smallest absolute Gasteiger partial charge is 0.261 e. The van der Waals surface area contributed by atoms with E-state index in [4.69, 9.17) is 5.26 Å². The second-order valence-electron chi connectivity index (χ2n) is 6.10. The number of nitriles is 1. The van der Waals surface area contributed by atoms with Crippen LogP contribution in [0.15, 0.2) is 53.0 Å². The lowest BCUT2D eigenvalue weighted by atomic mass is 10.1. The lowest BCUT2D eigenvalue weighted by Gasteiger charge is -2.21. The third kappa shape index (κ3) is 4.07. The summed E-state index contributed by atoms with van der Waals surface area (Å²) in [6, 6.07) is 16.2. The fourth-order valence-electron chi connectivity index (χ4n) is 2.95. The zero-order valence-electron chi connectivity index (χ0n) is 14.4. The van der Waals surface area contributed by atoms with Crippen LogP contribution >= 0.6 is 15.9 Å². The first kappa shape index (κ1) is 18.8. The van der Waals surface area contributed by atoms with Gasteiger partial charge in [-0.2, -0.15) is 5.26 Å². The fourth-order valence-corrected chi connectivity index (χ4v) is 3.31. The van der Waals surface area contributed by atoms with Gasteiger partial charge in [0, 0.05) is 24.0 Å². The van der Waals surface area contributed by atoms with E-state index in [2.05, 4.69) is 15.9 Å². The highest BCUT2D eigenvalue weighted by atomic mass is 79.9. The molecular formula is C20H16BrN3O3. The second kappa shape index (κ2) is 8.14. The molecule has 2 aromatic rings. The predicted octanol–water partition coefficient (Wildman–Crippen LogP) is 2.99. The van der Waals surface area contributed by atoms with E-state index in [0.29, 0.717) is 22.1 Å². The van der Waals surface area contributed by atoms with Crippen LogP contribution in [0, 0.1) is 11.3 Å². The summed E-state index contributed by atoms with van der Waals surface area (Å²) in [6.07, 6.45) is -0.0266.